The van der Waals surface area contributed by atoms with E-state index in [4.69, 9.17) is 0 Å². The van der Waals surface area contributed by atoms with E-state index >= 15 is 0 Å². The maximum Gasteiger partial charge on any atom is 0.152 e. The van der Waals surface area contributed by atoms with Crippen LogP contribution in [0.3, 0.4) is 0 Å². The van der Waals surface area contributed by atoms with Crippen molar-refractivity contribution in [2.45, 2.75) is 13.8 Å². The van der Waals surface area contributed by atoms with Crippen LogP contribution >= 0.6 is 0 Å². The lowest BCUT2D eigenvalue weighted by Crippen LogP contribution is -2.30. The Morgan fingerprint density at radius 1 is 0.867 bits per heavy atom. The van der Waals surface area contributed by atoms with Crippen LogP contribution in [0.5, 0.6) is 0 Å². The Morgan fingerprint density at radius 2 is 1.20 bits per heavy atom. The molecule has 0 spiro atoms. The summed E-state index contributed by atoms with van der Waals surface area (Å²) >= 11 is 0. The molecule has 0 heterocycles. The van der Waals surface area contributed by atoms with Crippen LogP contribution < -0.4 is 0 Å². The van der Waals surface area contributed by atoms with Gasteiger partial charge in [0.1, 0.15) is 0 Å². The Bertz CT molecular complexity index is 232. The number of hydrogen-bond acceptors (Lipinski definition) is 4. The average molecular weight is 236 g/mol. The first-order chi connectivity index (χ1) is 6.91. The first-order valence-electron chi connectivity index (χ1n) is 5.48. The summed E-state index contributed by atoms with van der Waals surface area (Å²) in [7, 11) is 1.00. The Hall–Kier alpha value is -0.130. The summed E-state index contributed by atoms with van der Waals surface area (Å²) in [5, 5.41) is 0. The smallest absolute Gasteiger partial charge is 0.152 e. The molecule has 0 saturated heterocycles. The zero-order valence-corrected chi connectivity index (χ0v) is 11.2. The summed E-state index contributed by atoms with van der Waals surface area (Å²) in [6.07, 6.45) is 0. The fraction of sp³-hybridized carbons (Fsp3) is 1.00. The zero-order valence-electron chi connectivity index (χ0n) is 10.4. The van der Waals surface area contributed by atoms with Crippen LogP contribution in [0, 0.1) is 0 Å². The molecule has 0 bridgehead atoms. The molecule has 0 amide bonds. The average Bonchev–Trinajstić information content (AvgIpc) is 2.22. The molecular formula is C10H24N2O2S. The molecule has 0 saturated carbocycles. The fourth-order valence-corrected chi connectivity index (χ4v) is 2.39. The van der Waals surface area contributed by atoms with E-state index in [9.17, 15) is 8.42 Å². The van der Waals surface area contributed by atoms with Crippen molar-refractivity contribution in [1.29, 1.82) is 0 Å². The van der Waals surface area contributed by atoms with E-state index in [1.165, 1.54) is 0 Å². The molecule has 15 heavy (non-hydrogen) atoms. The highest BCUT2D eigenvalue weighted by Gasteiger charge is 2.12. The number of sulfone groups is 1. The van der Waals surface area contributed by atoms with Crippen LogP contribution in [0.25, 0.3) is 0 Å². The van der Waals surface area contributed by atoms with E-state index in [2.05, 4.69) is 0 Å². The van der Waals surface area contributed by atoms with Crippen molar-refractivity contribution in [2.75, 3.05) is 51.8 Å². The molecule has 0 aromatic heterocycles. The fourth-order valence-electron chi connectivity index (χ4n) is 1.01. The van der Waals surface area contributed by atoms with Crippen LogP contribution in [0.1, 0.15) is 13.8 Å². The molecule has 0 unspecified atom stereocenters. The highest BCUT2D eigenvalue weighted by molar-refractivity contribution is 7.91. The van der Waals surface area contributed by atoms with Crippen molar-refractivity contribution >= 4 is 9.84 Å². The molecule has 0 aromatic rings. The lowest BCUT2D eigenvalue weighted by Gasteiger charge is -2.16. The van der Waals surface area contributed by atoms with E-state index in [-0.39, 0.29) is 11.5 Å². The Labute approximate surface area is 94.2 Å². The molecule has 0 aliphatic heterocycles. The second kappa shape index (κ2) is 7.19. The summed E-state index contributed by atoms with van der Waals surface area (Å²) in [4.78, 5) is 4.03. The molecule has 0 fully saturated rings. The molecule has 0 atom stereocenters. The number of hydrogen-bond donors (Lipinski definition) is 0. The van der Waals surface area contributed by atoms with E-state index in [1.807, 2.05) is 37.7 Å². The molecule has 0 aliphatic carbocycles. The normalized spacial score (nSPS) is 12.7. The van der Waals surface area contributed by atoms with Crippen molar-refractivity contribution < 1.29 is 8.42 Å². The third-order valence-electron chi connectivity index (χ3n) is 2.65. The summed E-state index contributed by atoms with van der Waals surface area (Å²) in [5.41, 5.74) is 0. The minimum atomic E-state index is -2.88. The van der Waals surface area contributed by atoms with Gasteiger partial charge in [-0.25, -0.2) is 8.42 Å². The number of nitrogens with zero attached hydrogens (tertiary/aromatic N) is 2. The Balaban J connectivity index is 3.87. The van der Waals surface area contributed by atoms with Crippen LogP contribution in [-0.4, -0.2) is 70.0 Å². The first kappa shape index (κ1) is 14.9. The van der Waals surface area contributed by atoms with Gasteiger partial charge < -0.3 is 9.80 Å². The lowest BCUT2D eigenvalue weighted by atomic mass is 10.6. The number of rotatable bonds is 8. The van der Waals surface area contributed by atoms with Gasteiger partial charge in [0.05, 0.1) is 11.5 Å². The van der Waals surface area contributed by atoms with Gasteiger partial charge in [0.25, 0.3) is 0 Å². The van der Waals surface area contributed by atoms with Crippen molar-refractivity contribution in [3.63, 3.8) is 0 Å². The maximum absolute atomic E-state index is 11.6. The van der Waals surface area contributed by atoms with E-state index in [0.29, 0.717) is 13.1 Å². The van der Waals surface area contributed by atoms with Gasteiger partial charge in [-0.1, -0.05) is 13.8 Å². The van der Waals surface area contributed by atoms with Gasteiger partial charge in [0.15, 0.2) is 9.84 Å². The van der Waals surface area contributed by atoms with E-state index in [1.54, 1.807) is 0 Å². The third kappa shape index (κ3) is 7.76. The van der Waals surface area contributed by atoms with Gasteiger partial charge in [-0.2, -0.15) is 0 Å². The minimum absolute atomic E-state index is 0.273. The SMILES string of the molecule is CCN(C)CCS(=O)(=O)CCN(C)CC. The molecule has 0 aliphatic rings. The van der Waals surface area contributed by atoms with Crippen molar-refractivity contribution in [2.24, 2.45) is 0 Å². The zero-order chi connectivity index (χ0) is 11.9. The highest BCUT2D eigenvalue weighted by atomic mass is 32.2. The quantitative estimate of drug-likeness (QED) is 0.608. The van der Waals surface area contributed by atoms with Crippen molar-refractivity contribution in [3.05, 3.63) is 0 Å². The monoisotopic (exact) mass is 236 g/mol. The molecule has 0 aromatic carbocycles. The Morgan fingerprint density at radius 3 is 1.47 bits per heavy atom. The maximum atomic E-state index is 11.6. The lowest BCUT2D eigenvalue weighted by molar-refractivity contribution is 0.367. The highest BCUT2D eigenvalue weighted by Crippen LogP contribution is 1.94. The van der Waals surface area contributed by atoms with Crippen molar-refractivity contribution in [1.82, 2.24) is 9.80 Å². The van der Waals surface area contributed by atoms with E-state index in [0.717, 1.165) is 13.1 Å². The molecule has 92 valence electrons. The summed E-state index contributed by atoms with van der Waals surface area (Å²) in [6, 6.07) is 0. The van der Waals surface area contributed by atoms with Gasteiger partial charge in [0, 0.05) is 13.1 Å². The van der Waals surface area contributed by atoms with Gasteiger partial charge in [-0.15, -0.1) is 0 Å². The third-order valence-corrected chi connectivity index (χ3v) is 4.26. The molecule has 0 N–H and O–H groups in total. The standard InChI is InChI=1S/C10H24N2O2S/c1-5-11(3)7-9-15(13,14)10-8-12(4)6-2/h5-10H2,1-4H3. The first-order valence-corrected chi connectivity index (χ1v) is 7.31. The van der Waals surface area contributed by atoms with Gasteiger partial charge in [-0.3, -0.25) is 0 Å². The second-order valence-corrected chi connectivity index (χ2v) is 6.25. The predicted molar refractivity (Wildman–Crippen MR) is 65.0 cm³/mol. The molecule has 4 nitrogen and oxygen atoms in total. The van der Waals surface area contributed by atoms with Crippen LogP contribution in [0.4, 0.5) is 0 Å². The van der Waals surface area contributed by atoms with Crippen LogP contribution in [0.2, 0.25) is 0 Å². The summed E-state index contributed by atoms with van der Waals surface area (Å²) in [5.74, 6) is 0.545. The van der Waals surface area contributed by atoms with Gasteiger partial charge >= 0.3 is 0 Å². The summed E-state index contributed by atoms with van der Waals surface area (Å²) in [6.45, 7) is 7.10. The molecular weight excluding hydrogens is 212 g/mol. The molecule has 5 heteroatoms. The summed E-state index contributed by atoms with van der Waals surface area (Å²) < 4.78 is 23.2. The van der Waals surface area contributed by atoms with Crippen LogP contribution in [0.15, 0.2) is 0 Å². The van der Waals surface area contributed by atoms with E-state index < -0.39 is 9.84 Å². The second-order valence-electron chi connectivity index (χ2n) is 3.94. The molecule has 0 rings (SSSR count). The van der Waals surface area contributed by atoms with Gasteiger partial charge in [-0.05, 0) is 27.2 Å². The largest absolute Gasteiger partial charge is 0.306 e. The topological polar surface area (TPSA) is 40.6 Å². The van der Waals surface area contributed by atoms with Crippen LogP contribution in [-0.2, 0) is 9.84 Å². The van der Waals surface area contributed by atoms with Gasteiger partial charge in [0.2, 0.25) is 0 Å². The predicted octanol–water partition coefficient (Wildman–Crippen LogP) is 0.305. The molecule has 0 radical (unpaired) electrons. The minimum Gasteiger partial charge on any atom is -0.306 e. The van der Waals surface area contributed by atoms with Crippen molar-refractivity contribution in [3.8, 4) is 0 Å². The Kier molecular flexibility index (Phi) is 7.13.